The van der Waals surface area contributed by atoms with Crippen LogP contribution in [0.4, 0.5) is 0 Å². The summed E-state index contributed by atoms with van der Waals surface area (Å²) in [6.07, 6.45) is 9.17. The van der Waals surface area contributed by atoms with Crippen LogP contribution in [0.25, 0.3) is 5.57 Å². The maximum absolute atomic E-state index is 6.07. The van der Waals surface area contributed by atoms with Crippen LogP contribution in [0.3, 0.4) is 0 Å². The third-order valence-electron chi connectivity index (χ3n) is 2.45. The first-order chi connectivity index (χ1) is 7.16. The molecule has 0 spiro atoms. The molecule has 1 atom stereocenters. The van der Waals surface area contributed by atoms with Crippen LogP contribution in [0.1, 0.15) is 32.0 Å². The Bertz CT molecular complexity index is 402. The third kappa shape index (κ3) is 2.32. The molecule has 80 valence electrons. The van der Waals surface area contributed by atoms with E-state index >= 15 is 0 Å². The van der Waals surface area contributed by atoms with E-state index in [1.165, 1.54) is 0 Å². The second-order valence-electron chi connectivity index (χ2n) is 4.05. The van der Waals surface area contributed by atoms with Gasteiger partial charge in [-0.15, -0.1) is 11.6 Å². The molecule has 1 unspecified atom stereocenters. The zero-order valence-electron chi connectivity index (χ0n) is 9.02. The molecule has 0 N–H and O–H groups in total. The molecule has 1 aromatic heterocycles. The topological polar surface area (TPSA) is 17.8 Å². The number of alkyl halides is 1. The highest BCUT2D eigenvalue weighted by atomic mass is 35.5. The zero-order valence-corrected chi connectivity index (χ0v) is 9.78. The van der Waals surface area contributed by atoms with Gasteiger partial charge in [-0.25, -0.2) is 0 Å². The monoisotopic (exact) mass is 222 g/mol. The Morgan fingerprint density at radius 3 is 2.93 bits per heavy atom. The van der Waals surface area contributed by atoms with E-state index in [-0.39, 0.29) is 5.38 Å². The van der Waals surface area contributed by atoms with Crippen LogP contribution in [-0.4, -0.2) is 15.2 Å². The molecule has 0 aliphatic heterocycles. The Morgan fingerprint density at radius 2 is 2.33 bits per heavy atom. The van der Waals surface area contributed by atoms with E-state index in [0.29, 0.717) is 6.04 Å². The summed E-state index contributed by atoms with van der Waals surface area (Å²) in [5, 5.41) is 4.61. The number of halogens is 1. The molecular weight excluding hydrogens is 208 g/mol. The van der Waals surface area contributed by atoms with Gasteiger partial charge in [0.1, 0.15) is 0 Å². The van der Waals surface area contributed by atoms with Crippen molar-refractivity contribution in [3.63, 3.8) is 0 Å². The van der Waals surface area contributed by atoms with Crippen LogP contribution in [0.5, 0.6) is 0 Å². The molecule has 0 saturated carbocycles. The molecule has 1 aromatic rings. The molecule has 3 heteroatoms. The van der Waals surface area contributed by atoms with Crippen molar-refractivity contribution in [2.45, 2.75) is 31.7 Å². The van der Waals surface area contributed by atoms with Gasteiger partial charge >= 0.3 is 0 Å². The predicted molar refractivity (Wildman–Crippen MR) is 64.0 cm³/mol. The molecule has 0 amide bonds. The van der Waals surface area contributed by atoms with Gasteiger partial charge in [-0.05, 0) is 31.9 Å². The first kappa shape index (κ1) is 10.5. The number of hydrogen-bond donors (Lipinski definition) is 0. The van der Waals surface area contributed by atoms with Gasteiger partial charge in [-0.3, -0.25) is 4.68 Å². The normalized spacial score (nSPS) is 20.8. The molecule has 1 aliphatic carbocycles. The predicted octanol–water partition coefficient (Wildman–Crippen LogP) is 3.41. The van der Waals surface area contributed by atoms with Crippen molar-refractivity contribution in [2.75, 3.05) is 0 Å². The fourth-order valence-electron chi connectivity index (χ4n) is 1.59. The maximum atomic E-state index is 6.07. The quantitative estimate of drug-likeness (QED) is 0.702. The van der Waals surface area contributed by atoms with Gasteiger partial charge in [0.05, 0.1) is 11.1 Å². The lowest BCUT2D eigenvalue weighted by Gasteiger charge is -2.09. The lowest BCUT2D eigenvalue weighted by molar-refractivity contribution is 0.531. The molecule has 0 saturated heterocycles. The smallest absolute Gasteiger partial charge is 0.0920 e. The van der Waals surface area contributed by atoms with Crippen molar-refractivity contribution in [3.05, 3.63) is 36.2 Å². The summed E-state index contributed by atoms with van der Waals surface area (Å²) < 4.78 is 1.96. The van der Waals surface area contributed by atoms with Crippen molar-refractivity contribution in [3.8, 4) is 0 Å². The summed E-state index contributed by atoms with van der Waals surface area (Å²) in [7, 11) is 0. The van der Waals surface area contributed by atoms with Crippen LogP contribution in [0, 0.1) is 0 Å². The van der Waals surface area contributed by atoms with Gasteiger partial charge in [0.2, 0.25) is 0 Å². The average Bonchev–Trinajstić information content (AvgIpc) is 2.66. The van der Waals surface area contributed by atoms with Crippen molar-refractivity contribution < 1.29 is 0 Å². The number of allylic oxidation sites excluding steroid dienone is 4. The Morgan fingerprint density at radius 1 is 1.53 bits per heavy atom. The van der Waals surface area contributed by atoms with Gasteiger partial charge in [0.25, 0.3) is 0 Å². The largest absolute Gasteiger partial charge is 0.270 e. The van der Waals surface area contributed by atoms with E-state index in [1.54, 1.807) is 0 Å². The van der Waals surface area contributed by atoms with E-state index in [9.17, 15) is 0 Å². The summed E-state index contributed by atoms with van der Waals surface area (Å²) in [5.74, 6) is 0. The Kier molecular flexibility index (Phi) is 2.96. The van der Waals surface area contributed by atoms with Crippen LogP contribution < -0.4 is 0 Å². The molecule has 1 aliphatic rings. The second kappa shape index (κ2) is 4.23. The van der Waals surface area contributed by atoms with E-state index in [1.807, 2.05) is 16.9 Å². The van der Waals surface area contributed by atoms with Crippen LogP contribution in [0.2, 0.25) is 0 Å². The SMILES string of the molecule is CC(C)n1ccc(C2=CC(Cl)CC=C2)n1. The summed E-state index contributed by atoms with van der Waals surface area (Å²) in [6.45, 7) is 4.23. The molecule has 0 radical (unpaired) electrons. The van der Waals surface area contributed by atoms with Gasteiger partial charge in [0.15, 0.2) is 0 Å². The van der Waals surface area contributed by atoms with Crippen LogP contribution >= 0.6 is 11.6 Å². The summed E-state index contributed by atoms with van der Waals surface area (Å²) in [5.41, 5.74) is 2.13. The highest BCUT2D eigenvalue weighted by Gasteiger charge is 2.10. The van der Waals surface area contributed by atoms with E-state index < -0.39 is 0 Å². The average molecular weight is 223 g/mol. The van der Waals surface area contributed by atoms with E-state index in [4.69, 9.17) is 11.6 Å². The zero-order chi connectivity index (χ0) is 10.8. The number of rotatable bonds is 2. The number of hydrogen-bond acceptors (Lipinski definition) is 1. The lowest BCUT2D eigenvalue weighted by atomic mass is 10.0. The molecule has 2 nitrogen and oxygen atoms in total. The van der Waals surface area contributed by atoms with Crippen molar-refractivity contribution in [1.82, 2.24) is 9.78 Å². The van der Waals surface area contributed by atoms with Crippen LogP contribution in [-0.2, 0) is 0 Å². The molecule has 2 rings (SSSR count). The second-order valence-corrected chi connectivity index (χ2v) is 4.61. The molecule has 15 heavy (non-hydrogen) atoms. The number of aromatic nitrogens is 2. The van der Waals surface area contributed by atoms with Crippen molar-refractivity contribution in [2.24, 2.45) is 0 Å². The lowest BCUT2D eigenvalue weighted by Crippen LogP contribution is -2.03. The summed E-state index contributed by atoms with van der Waals surface area (Å²) >= 11 is 6.07. The van der Waals surface area contributed by atoms with Gasteiger partial charge in [-0.1, -0.05) is 18.2 Å². The molecular formula is C12H15ClN2. The first-order valence-corrected chi connectivity index (χ1v) is 5.68. The molecule has 1 heterocycles. The standard InChI is InChI=1S/C12H15ClN2/c1-9(2)15-7-6-12(14-15)10-4-3-5-11(13)8-10/h3-4,6-9,11H,5H2,1-2H3. The fourth-order valence-corrected chi connectivity index (χ4v) is 1.83. The first-order valence-electron chi connectivity index (χ1n) is 5.25. The highest BCUT2D eigenvalue weighted by molar-refractivity contribution is 6.22. The highest BCUT2D eigenvalue weighted by Crippen LogP contribution is 2.23. The molecule has 0 bridgehead atoms. The van der Waals surface area contributed by atoms with E-state index in [2.05, 4.69) is 37.2 Å². The third-order valence-corrected chi connectivity index (χ3v) is 2.76. The van der Waals surface area contributed by atoms with Crippen molar-refractivity contribution in [1.29, 1.82) is 0 Å². The number of nitrogens with zero attached hydrogens (tertiary/aromatic N) is 2. The Balaban J connectivity index is 2.26. The Labute approximate surface area is 95.2 Å². The minimum Gasteiger partial charge on any atom is -0.270 e. The molecule has 0 aromatic carbocycles. The van der Waals surface area contributed by atoms with Gasteiger partial charge in [0, 0.05) is 12.2 Å². The maximum Gasteiger partial charge on any atom is 0.0920 e. The summed E-state index contributed by atoms with van der Waals surface area (Å²) in [6, 6.07) is 2.43. The minimum absolute atomic E-state index is 0.106. The fraction of sp³-hybridized carbons (Fsp3) is 0.417. The molecule has 0 fully saturated rings. The van der Waals surface area contributed by atoms with Gasteiger partial charge < -0.3 is 0 Å². The van der Waals surface area contributed by atoms with E-state index in [0.717, 1.165) is 17.7 Å². The van der Waals surface area contributed by atoms with Crippen molar-refractivity contribution >= 4 is 17.2 Å². The van der Waals surface area contributed by atoms with Crippen LogP contribution in [0.15, 0.2) is 30.5 Å². The Hall–Kier alpha value is -1.02. The summed E-state index contributed by atoms with van der Waals surface area (Å²) in [4.78, 5) is 0. The van der Waals surface area contributed by atoms with Gasteiger partial charge in [-0.2, -0.15) is 5.10 Å². The minimum atomic E-state index is 0.106.